The molecule has 3 heteroatoms. The maximum absolute atomic E-state index is 12.1. The van der Waals surface area contributed by atoms with Crippen molar-refractivity contribution in [3.05, 3.63) is 36.0 Å². The van der Waals surface area contributed by atoms with Crippen molar-refractivity contribution in [1.82, 2.24) is 4.57 Å². The summed E-state index contributed by atoms with van der Waals surface area (Å²) in [7, 11) is 0. The van der Waals surface area contributed by atoms with Crippen LogP contribution in [-0.4, -0.2) is 17.3 Å². The normalized spacial score (nSPS) is 10.8. The molecule has 0 amide bonds. The molecule has 0 aliphatic heterocycles. The summed E-state index contributed by atoms with van der Waals surface area (Å²) in [5.74, 6) is 0. The number of ether oxygens (including phenoxy) is 1. The average molecular weight is 259 g/mol. The third-order valence-electron chi connectivity index (χ3n) is 3.35. The lowest BCUT2D eigenvalue weighted by Crippen LogP contribution is -2.13. The van der Waals surface area contributed by atoms with Crippen molar-refractivity contribution in [1.29, 1.82) is 0 Å². The second-order valence-electron chi connectivity index (χ2n) is 4.72. The number of nitrogens with zero attached hydrogens (tertiary/aromatic N) is 1. The quantitative estimate of drug-likeness (QED) is 0.746. The van der Waals surface area contributed by atoms with Crippen LogP contribution in [0.3, 0.4) is 0 Å². The Kier molecular flexibility index (Phi) is 4.61. The molecule has 102 valence electrons. The van der Waals surface area contributed by atoms with Gasteiger partial charge in [0.25, 0.3) is 0 Å². The molecule has 2 aromatic rings. The number of para-hydroxylation sites is 1. The van der Waals surface area contributed by atoms with E-state index in [-0.39, 0.29) is 6.09 Å². The molecule has 1 aromatic heterocycles. The standard InChI is InChI=1S/C16H21NO2/c1-3-5-8-11-19-16(18)17-12-13(4-2)14-9-6-7-10-15(14)17/h6-7,9-10,12H,3-5,8,11H2,1-2H3. The van der Waals surface area contributed by atoms with Crippen molar-refractivity contribution in [3.8, 4) is 0 Å². The van der Waals surface area contributed by atoms with Gasteiger partial charge in [-0.3, -0.25) is 4.57 Å². The predicted octanol–water partition coefficient (Wildman–Crippen LogP) is 4.38. The molecule has 1 aromatic carbocycles. The van der Waals surface area contributed by atoms with Gasteiger partial charge < -0.3 is 4.74 Å². The molecule has 0 aliphatic rings. The number of fused-ring (bicyclic) bond motifs is 1. The number of aryl methyl sites for hydroxylation is 1. The second kappa shape index (κ2) is 6.41. The van der Waals surface area contributed by atoms with Crippen molar-refractivity contribution in [2.24, 2.45) is 0 Å². The van der Waals surface area contributed by atoms with E-state index in [1.165, 1.54) is 5.56 Å². The Morgan fingerprint density at radius 1 is 1.21 bits per heavy atom. The number of hydrogen-bond donors (Lipinski definition) is 0. The van der Waals surface area contributed by atoms with E-state index in [4.69, 9.17) is 4.74 Å². The Bertz CT molecular complexity index is 557. The number of hydrogen-bond acceptors (Lipinski definition) is 2. The lowest BCUT2D eigenvalue weighted by Gasteiger charge is -2.05. The maximum Gasteiger partial charge on any atom is 0.418 e. The average Bonchev–Trinajstić information content (AvgIpc) is 2.82. The van der Waals surface area contributed by atoms with Crippen LogP contribution in [0.4, 0.5) is 4.79 Å². The lowest BCUT2D eigenvalue weighted by molar-refractivity contribution is 0.146. The van der Waals surface area contributed by atoms with Gasteiger partial charge in [-0.15, -0.1) is 0 Å². The molecule has 0 bridgehead atoms. The Morgan fingerprint density at radius 3 is 2.74 bits per heavy atom. The van der Waals surface area contributed by atoms with Gasteiger partial charge in [0.05, 0.1) is 12.1 Å². The third-order valence-corrected chi connectivity index (χ3v) is 3.35. The molecule has 0 radical (unpaired) electrons. The summed E-state index contributed by atoms with van der Waals surface area (Å²) in [5, 5.41) is 1.13. The van der Waals surface area contributed by atoms with Crippen LogP contribution < -0.4 is 0 Å². The van der Waals surface area contributed by atoms with Crippen LogP contribution in [0.25, 0.3) is 10.9 Å². The van der Waals surface area contributed by atoms with Gasteiger partial charge in [0.2, 0.25) is 0 Å². The van der Waals surface area contributed by atoms with E-state index in [0.29, 0.717) is 6.61 Å². The maximum atomic E-state index is 12.1. The third kappa shape index (κ3) is 2.98. The topological polar surface area (TPSA) is 31.2 Å². The molecule has 0 saturated carbocycles. The molecule has 0 atom stereocenters. The number of carbonyl (C=O) groups excluding carboxylic acids is 1. The summed E-state index contributed by atoms with van der Waals surface area (Å²) in [4.78, 5) is 12.1. The molecule has 1 heterocycles. The van der Waals surface area contributed by atoms with Crippen LogP contribution >= 0.6 is 0 Å². The van der Waals surface area contributed by atoms with Gasteiger partial charge in [0.1, 0.15) is 0 Å². The van der Waals surface area contributed by atoms with E-state index in [2.05, 4.69) is 19.9 Å². The molecular weight excluding hydrogens is 238 g/mol. The smallest absolute Gasteiger partial charge is 0.418 e. The van der Waals surface area contributed by atoms with E-state index in [1.54, 1.807) is 4.57 Å². The van der Waals surface area contributed by atoms with E-state index in [1.807, 2.05) is 24.4 Å². The molecule has 3 nitrogen and oxygen atoms in total. The lowest BCUT2D eigenvalue weighted by atomic mass is 10.1. The van der Waals surface area contributed by atoms with E-state index in [0.717, 1.165) is 36.6 Å². The minimum Gasteiger partial charge on any atom is -0.449 e. The van der Waals surface area contributed by atoms with Crippen molar-refractivity contribution in [2.75, 3.05) is 6.61 Å². The number of carbonyl (C=O) groups is 1. The minimum atomic E-state index is -0.271. The SMILES string of the molecule is CCCCCOC(=O)n1cc(CC)c2ccccc21. The van der Waals surface area contributed by atoms with Crippen LogP contribution in [0.1, 0.15) is 38.7 Å². The van der Waals surface area contributed by atoms with Gasteiger partial charge in [0.15, 0.2) is 0 Å². The van der Waals surface area contributed by atoms with Crippen molar-refractivity contribution in [3.63, 3.8) is 0 Å². The van der Waals surface area contributed by atoms with Crippen molar-refractivity contribution in [2.45, 2.75) is 39.5 Å². The molecule has 0 unspecified atom stereocenters. The van der Waals surface area contributed by atoms with Crippen molar-refractivity contribution >= 4 is 17.0 Å². The molecule has 0 aliphatic carbocycles. The van der Waals surface area contributed by atoms with Gasteiger partial charge >= 0.3 is 6.09 Å². The first-order chi connectivity index (χ1) is 9.27. The summed E-state index contributed by atoms with van der Waals surface area (Å²) >= 11 is 0. The first kappa shape index (κ1) is 13.7. The zero-order chi connectivity index (χ0) is 13.7. The fourth-order valence-electron chi connectivity index (χ4n) is 2.26. The van der Waals surface area contributed by atoms with E-state index >= 15 is 0 Å². The first-order valence-electron chi connectivity index (χ1n) is 7.04. The van der Waals surface area contributed by atoms with Crippen LogP contribution in [0.5, 0.6) is 0 Å². The second-order valence-corrected chi connectivity index (χ2v) is 4.72. The highest BCUT2D eigenvalue weighted by Gasteiger charge is 2.13. The van der Waals surface area contributed by atoms with Crippen LogP contribution in [-0.2, 0) is 11.2 Å². The van der Waals surface area contributed by atoms with Gasteiger partial charge in [-0.1, -0.05) is 44.9 Å². The number of rotatable bonds is 5. The number of unbranched alkanes of at least 4 members (excludes halogenated alkanes) is 2. The summed E-state index contributed by atoms with van der Waals surface area (Å²) in [6, 6.07) is 7.96. The molecular formula is C16H21NO2. The Balaban J connectivity index is 2.17. The van der Waals surface area contributed by atoms with E-state index in [9.17, 15) is 4.79 Å². The molecule has 0 fully saturated rings. The van der Waals surface area contributed by atoms with Crippen molar-refractivity contribution < 1.29 is 9.53 Å². The molecule has 0 spiro atoms. The summed E-state index contributed by atoms with van der Waals surface area (Å²) in [5.41, 5.74) is 2.11. The van der Waals surface area contributed by atoms with Crippen LogP contribution in [0, 0.1) is 0 Å². The van der Waals surface area contributed by atoms with Gasteiger partial charge in [-0.05, 0) is 24.5 Å². The van der Waals surface area contributed by atoms with Crippen LogP contribution in [0.2, 0.25) is 0 Å². The summed E-state index contributed by atoms with van der Waals surface area (Å²) < 4.78 is 6.95. The zero-order valence-electron chi connectivity index (χ0n) is 11.7. The highest BCUT2D eigenvalue weighted by atomic mass is 16.5. The summed E-state index contributed by atoms with van der Waals surface area (Å²) in [6.45, 7) is 4.73. The Hall–Kier alpha value is -1.77. The van der Waals surface area contributed by atoms with Gasteiger partial charge in [-0.25, -0.2) is 4.79 Å². The molecule has 0 saturated heterocycles. The first-order valence-corrected chi connectivity index (χ1v) is 7.04. The monoisotopic (exact) mass is 259 g/mol. The van der Waals surface area contributed by atoms with Gasteiger partial charge in [-0.2, -0.15) is 0 Å². The zero-order valence-corrected chi connectivity index (χ0v) is 11.7. The summed E-state index contributed by atoms with van der Waals surface area (Å²) in [6.07, 6.45) is 5.70. The number of aromatic nitrogens is 1. The van der Waals surface area contributed by atoms with Gasteiger partial charge in [0, 0.05) is 11.6 Å². The van der Waals surface area contributed by atoms with E-state index < -0.39 is 0 Å². The highest BCUT2D eigenvalue weighted by Crippen LogP contribution is 2.21. The fraction of sp³-hybridized carbons (Fsp3) is 0.438. The highest BCUT2D eigenvalue weighted by molar-refractivity contribution is 5.91. The Labute approximate surface area is 114 Å². The predicted molar refractivity (Wildman–Crippen MR) is 77.6 cm³/mol. The Morgan fingerprint density at radius 2 is 2.00 bits per heavy atom. The molecule has 0 N–H and O–H groups in total. The minimum absolute atomic E-state index is 0.271. The largest absolute Gasteiger partial charge is 0.449 e. The van der Waals surface area contributed by atoms with Crippen LogP contribution in [0.15, 0.2) is 30.5 Å². The molecule has 19 heavy (non-hydrogen) atoms. The fourth-order valence-corrected chi connectivity index (χ4v) is 2.26. The molecule has 2 rings (SSSR count). The number of benzene rings is 1.